The first-order valence-electron chi connectivity index (χ1n) is 13.0. The van der Waals surface area contributed by atoms with Crippen molar-refractivity contribution in [1.29, 1.82) is 0 Å². The lowest BCUT2D eigenvalue weighted by atomic mass is 9.81. The van der Waals surface area contributed by atoms with Gasteiger partial charge in [-0.2, -0.15) is 0 Å². The van der Waals surface area contributed by atoms with Crippen LogP contribution in [0.3, 0.4) is 0 Å². The number of piperazine rings is 1. The fourth-order valence-corrected chi connectivity index (χ4v) is 5.74. The Hall–Kier alpha value is -3.49. The van der Waals surface area contributed by atoms with Crippen LogP contribution >= 0.6 is 0 Å². The third-order valence-electron chi connectivity index (χ3n) is 8.09. The van der Waals surface area contributed by atoms with E-state index in [-0.39, 0.29) is 34.4 Å². The van der Waals surface area contributed by atoms with Gasteiger partial charge in [-0.3, -0.25) is 9.69 Å². The van der Waals surface area contributed by atoms with Crippen LogP contribution in [0.5, 0.6) is 23.0 Å². The number of carbonyl (C=O) groups excluding carboxylic acids is 1. The molecule has 1 saturated heterocycles. The minimum atomic E-state index is -0.381. The lowest BCUT2D eigenvalue weighted by Gasteiger charge is -2.33. The number of fused-ring (bicyclic) bond motifs is 2. The highest BCUT2D eigenvalue weighted by Gasteiger charge is 2.34. The third-order valence-corrected chi connectivity index (χ3v) is 8.09. The Balaban J connectivity index is 1.44. The number of aromatic hydroxyl groups is 2. The van der Waals surface area contributed by atoms with Gasteiger partial charge in [-0.1, -0.05) is 6.42 Å². The summed E-state index contributed by atoms with van der Waals surface area (Å²) in [7, 11) is 3.83. The molecule has 0 bridgehead atoms. The highest BCUT2D eigenvalue weighted by atomic mass is 16.5. The zero-order valence-electron chi connectivity index (χ0n) is 21.4. The van der Waals surface area contributed by atoms with Gasteiger partial charge in [0.2, 0.25) is 5.78 Å². The fraction of sp³-hybridized carbons (Fsp3) is 0.414. The van der Waals surface area contributed by atoms with Gasteiger partial charge in [0, 0.05) is 73.6 Å². The number of ketones is 1. The maximum Gasteiger partial charge on any atom is 0.235 e. The largest absolute Gasteiger partial charge is 0.508 e. The summed E-state index contributed by atoms with van der Waals surface area (Å²) in [5.74, 6) is 0.688. The number of hydrogen-bond donors (Lipinski definition) is 2. The van der Waals surface area contributed by atoms with Crippen molar-refractivity contribution in [3.8, 4) is 23.0 Å². The Kier molecular flexibility index (Phi) is 6.09. The van der Waals surface area contributed by atoms with Crippen LogP contribution < -0.4 is 9.47 Å². The molecule has 3 heterocycles. The summed E-state index contributed by atoms with van der Waals surface area (Å²) in [6, 6.07) is 8.66. The van der Waals surface area contributed by atoms with Crippen LogP contribution in [0.2, 0.25) is 0 Å². The van der Waals surface area contributed by atoms with Crippen LogP contribution in [0.1, 0.15) is 46.8 Å². The Morgan fingerprint density at radius 2 is 1.86 bits per heavy atom. The second kappa shape index (κ2) is 9.43. The number of aromatic nitrogens is 1. The van der Waals surface area contributed by atoms with Gasteiger partial charge in [-0.25, -0.2) is 0 Å². The minimum absolute atomic E-state index is 0.0885. The number of phenols is 2. The van der Waals surface area contributed by atoms with E-state index in [1.807, 2.05) is 18.2 Å². The number of hydrogen-bond acceptors (Lipinski definition) is 7. The van der Waals surface area contributed by atoms with E-state index in [0.29, 0.717) is 5.92 Å². The minimum Gasteiger partial charge on any atom is -0.508 e. The molecule has 3 aromatic rings. The molecule has 0 radical (unpaired) electrons. The summed E-state index contributed by atoms with van der Waals surface area (Å²) in [6.45, 7) is 6.13. The molecule has 8 nitrogen and oxygen atoms in total. The molecule has 0 amide bonds. The number of carbonyl (C=O) groups is 1. The van der Waals surface area contributed by atoms with Gasteiger partial charge < -0.3 is 29.2 Å². The molecule has 1 saturated carbocycles. The SMILES string of the molecule is COc1ccc2c(c1)c(C=C1Oc3cc(O)cc(O)c3C1=O)c(C1CCC1)n2CCN1CCN(C)CC1. The maximum absolute atomic E-state index is 13.2. The molecule has 1 aliphatic carbocycles. The standard InChI is InChI=1S/C29H33N3O5/c1-30-8-10-31(11-9-30)12-13-32-23-7-6-20(36-2)16-21(23)22(28(32)18-4-3-5-18)17-26-29(35)27-24(34)14-19(33)15-25(27)37-26/h6-7,14-18,33-34H,3-5,8-13H2,1-2H3. The highest BCUT2D eigenvalue weighted by molar-refractivity contribution is 6.17. The van der Waals surface area contributed by atoms with Gasteiger partial charge >= 0.3 is 0 Å². The first-order valence-corrected chi connectivity index (χ1v) is 13.0. The normalized spacial score (nSPS) is 19.8. The smallest absolute Gasteiger partial charge is 0.235 e. The monoisotopic (exact) mass is 503 g/mol. The van der Waals surface area contributed by atoms with E-state index in [9.17, 15) is 15.0 Å². The van der Waals surface area contributed by atoms with Crippen molar-refractivity contribution in [2.75, 3.05) is 46.9 Å². The van der Waals surface area contributed by atoms with Crippen molar-refractivity contribution in [3.05, 3.63) is 52.9 Å². The lowest BCUT2D eigenvalue weighted by molar-refractivity contribution is 0.101. The molecule has 3 aliphatic rings. The molecule has 0 spiro atoms. The molecule has 2 N–H and O–H groups in total. The summed E-state index contributed by atoms with van der Waals surface area (Å²) in [6.07, 6.45) is 5.24. The van der Waals surface area contributed by atoms with Gasteiger partial charge in [0.15, 0.2) is 5.76 Å². The van der Waals surface area contributed by atoms with Gasteiger partial charge in [-0.15, -0.1) is 0 Å². The van der Waals surface area contributed by atoms with Crippen molar-refractivity contribution in [2.45, 2.75) is 31.7 Å². The number of rotatable bonds is 6. The summed E-state index contributed by atoms with van der Waals surface area (Å²) in [4.78, 5) is 18.1. The zero-order chi connectivity index (χ0) is 25.7. The van der Waals surface area contributed by atoms with E-state index >= 15 is 0 Å². The average Bonchev–Trinajstić information content (AvgIpc) is 3.31. The summed E-state index contributed by atoms with van der Waals surface area (Å²) >= 11 is 0. The number of ether oxygens (including phenoxy) is 2. The van der Waals surface area contributed by atoms with Crippen molar-refractivity contribution in [2.24, 2.45) is 0 Å². The molecule has 6 rings (SSSR count). The molecule has 37 heavy (non-hydrogen) atoms. The van der Waals surface area contributed by atoms with E-state index in [2.05, 4.69) is 27.5 Å². The number of benzene rings is 2. The molecule has 1 aromatic heterocycles. The Bertz CT molecular complexity index is 1400. The molecule has 2 fully saturated rings. The molecular formula is C29H33N3O5. The number of Topliss-reactive ketones (excluding diaryl/α,β-unsaturated/α-hetero) is 1. The van der Waals surface area contributed by atoms with Crippen molar-refractivity contribution >= 4 is 22.8 Å². The van der Waals surface area contributed by atoms with Gasteiger partial charge in [0.05, 0.1) is 7.11 Å². The molecule has 2 aliphatic heterocycles. The molecule has 0 unspecified atom stereocenters. The second-order valence-corrected chi connectivity index (χ2v) is 10.4. The van der Waals surface area contributed by atoms with Crippen LogP contribution in [-0.2, 0) is 6.54 Å². The lowest BCUT2D eigenvalue weighted by Crippen LogP contribution is -2.45. The van der Waals surface area contributed by atoms with Crippen LogP contribution in [-0.4, -0.2) is 77.2 Å². The zero-order valence-corrected chi connectivity index (χ0v) is 21.4. The molecule has 2 aromatic carbocycles. The highest BCUT2D eigenvalue weighted by Crippen LogP contribution is 2.45. The van der Waals surface area contributed by atoms with Crippen LogP contribution in [0.4, 0.5) is 0 Å². The van der Waals surface area contributed by atoms with E-state index < -0.39 is 0 Å². The van der Waals surface area contributed by atoms with E-state index in [4.69, 9.17) is 9.47 Å². The average molecular weight is 504 g/mol. The number of likely N-dealkylation sites (N-methyl/N-ethyl adjacent to an activating group) is 1. The van der Waals surface area contributed by atoms with Crippen molar-refractivity contribution in [1.82, 2.24) is 14.4 Å². The molecule has 0 atom stereocenters. The Labute approximate surface area is 216 Å². The van der Waals surface area contributed by atoms with Crippen molar-refractivity contribution in [3.63, 3.8) is 0 Å². The van der Waals surface area contributed by atoms with Crippen molar-refractivity contribution < 1.29 is 24.5 Å². The number of methoxy groups -OCH3 is 1. The number of allylic oxidation sites excluding steroid dienone is 1. The molecule has 194 valence electrons. The van der Waals surface area contributed by atoms with Gasteiger partial charge in [-0.05, 0) is 50.1 Å². The Morgan fingerprint density at radius 1 is 1.08 bits per heavy atom. The first-order chi connectivity index (χ1) is 17.9. The predicted molar refractivity (Wildman–Crippen MR) is 142 cm³/mol. The van der Waals surface area contributed by atoms with Crippen LogP contribution in [0.15, 0.2) is 36.1 Å². The number of phenolic OH excluding ortho intramolecular Hbond substituents is 2. The van der Waals surface area contributed by atoms with Gasteiger partial charge in [0.1, 0.15) is 28.6 Å². The Morgan fingerprint density at radius 3 is 2.57 bits per heavy atom. The third kappa shape index (κ3) is 4.24. The first kappa shape index (κ1) is 23.9. The maximum atomic E-state index is 13.2. The van der Waals surface area contributed by atoms with E-state index in [1.165, 1.54) is 18.2 Å². The van der Waals surface area contributed by atoms with Gasteiger partial charge in [0.25, 0.3) is 0 Å². The van der Waals surface area contributed by atoms with E-state index in [0.717, 1.165) is 80.4 Å². The number of nitrogens with zero attached hydrogens (tertiary/aromatic N) is 3. The molecular weight excluding hydrogens is 470 g/mol. The van der Waals surface area contributed by atoms with Crippen LogP contribution in [0, 0.1) is 0 Å². The summed E-state index contributed by atoms with van der Waals surface area (Å²) in [5, 5.41) is 21.2. The fourth-order valence-electron chi connectivity index (χ4n) is 5.74. The van der Waals surface area contributed by atoms with Crippen LogP contribution in [0.25, 0.3) is 17.0 Å². The van der Waals surface area contributed by atoms with E-state index in [1.54, 1.807) is 7.11 Å². The summed E-state index contributed by atoms with van der Waals surface area (Å²) in [5.41, 5.74) is 3.41. The predicted octanol–water partition coefficient (Wildman–Crippen LogP) is 4.19. The summed E-state index contributed by atoms with van der Waals surface area (Å²) < 4.78 is 13.9. The quantitative estimate of drug-likeness (QED) is 0.488. The molecule has 8 heteroatoms. The second-order valence-electron chi connectivity index (χ2n) is 10.4. The topological polar surface area (TPSA) is 87.4 Å².